The summed E-state index contributed by atoms with van der Waals surface area (Å²) in [5.41, 5.74) is 0.791. The molecule has 2 N–H and O–H groups in total. The van der Waals surface area contributed by atoms with Crippen LogP contribution in [0.1, 0.15) is 66.9 Å². The highest BCUT2D eigenvalue weighted by atomic mass is 16.5. The zero-order chi connectivity index (χ0) is 22.2. The van der Waals surface area contributed by atoms with Crippen molar-refractivity contribution in [2.75, 3.05) is 7.11 Å². The van der Waals surface area contributed by atoms with Crippen LogP contribution in [0.5, 0.6) is 17.2 Å². The van der Waals surface area contributed by atoms with E-state index in [9.17, 15) is 15.0 Å². The number of methoxy groups -OCH3 is 1. The number of ether oxygens (including phenoxy) is 2. The Kier molecular flexibility index (Phi) is 5.80. The van der Waals surface area contributed by atoms with Crippen LogP contribution >= 0.6 is 0 Å². The SMILES string of the molecule is CCCC1CCC(C)(O)C2Oc3c(C(=O)C=Cc4ccccc4)c(O)cc(OC)c3C12. The Bertz CT molecular complexity index is 993. The maximum atomic E-state index is 13.1. The Morgan fingerprint density at radius 2 is 2.06 bits per heavy atom. The van der Waals surface area contributed by atoms with Gasteiger partial charge in [0.15, 0.2) is 5.78 Å². The molecule has 1 fully saturated rings. The van der Waals surface area contributed by atoms with Crippen molar-refractivity contribution in [3.05, 3.63) is 59.2 Å². The lowest BCUT2D eigenvalue weighted by molar-refractivity contribution is -0.0876. The largest absolute Gasteiger partial charge is 0.507 e. The Balaban J connectivity index is 1.80. The van der Waals surface area contributed by atoms with Gasteiger partial charge in [0.25, 0.3) is 0 Å². The predicted octanol–water partition coefficient (Wildman–Crippen LogP) is 5.10. The first-order chi connectivity index (χ1) is 14.9. The number of aromatic hydroxyl groups is 1. The fourth-order valence-electron chi connectivity index (χ4n) is 5.14. The predicted molar refractivity (Wildman–Crippen MR) is 120 cm³/mol. The summed E-state index contributed by atoms with van der Waals surface area (Å²) in [6.07, 6.45) is 6.23. The van der Waals surface area contributed by atoms with Crippen molar-refractivity contribution in [3.63, 3.8) is 0 Å². The summed E-state index contributed by atoms with van der Waals surface area (Å²) >= 11 is 0. The van der Waals surface area contributed by atoms with E-state index < -0.39 is 11.7 Å². The molecule has 2 aromatic rings. The molecule has 2 aromatic carbocycles. The normalized spacial score (nSPS) is 26.9. The number of carbonyl (C=O) groups is 1. The van der Waals surface area contributed by atoms with Crippen molar-refractivity contribution in [2.45, 2.75) is 57.2 Å². The average molecular weight is 423 g/mol. The summed E-state index contributed by atoms with van der Waals surface area (Å²) in [5.74, 6) is 0.561. The van der Waals surface area contributed by atoms with Crippen LogP contribution in [-0.2, 0) is 0 Å². The third kappa shape index (κ3) is 3.83. The number of phenolic OH excluding ortho intramolecular Hbond substituents is 1. The molecule has 4 atom stereocenters. The van der Waals surface area contributed by atoms with Crippen LogP contribution in [0.2, 0.25) is 0 Å². The van der Waals surface area contributed by atoms with Crippen molar-refractivity contribution in [2.24, 2.45) is 5.92 Å². The van der Waals surface area contributed by atoms with Crippen molar-refractivity contribution in [3.8, 4) is 17.2 Å². The molecule has 31 heavy (non-hydrogen) atoms. The number of phenols is 1. The van der Waals surface area contributed by atoms with E-state index in [2.05, 4.69) is 6.92 Å². The highest BCUT2D eigenvalue weighted by Crippen LogP contribution is 2.58. The van der Waals surface area contributed by atoms with E-state index in [4.69, 9.17) is 9.47 Å². The van der Waals surface area contributed by atoms with Gasteiger partial charge in [-0.2, -0.15) is 0 Å². The second-order valence-electron chi connectivity index (χ2n) is 8.83. The van der Waals surface area contributed by atoms with Gasteiger partial charge in [-0.3, -0.25) is 4.79 Å². The number of rotatable bonds is 6. The molecule has 1 saturated carbocycles. The van der Waals surface area contributed by atoms with E-state index in [1.54, 1.807) is 20.1 Å². The average Bonchev–Trinajstić information content (AvgIpc) is 3.16. The van der Waals surface area contributed by atoms with Gasteiger partial charge in [0.05, 0.1) is 12.7 Å². The van der Waals surface area contributed by atoms with Gasteiger partial charge in [0.1, 0.15) is 28.9 Å². The Morgan fingerprint density at radius 1 is 1.32 bits per heavy atom. The first-order valence-corrected chi connectivity index (χ1v) is 11.0. The van der Waals surface area contributed by atoms with Gasteiger partial charge in [-0.05, 0) is 43.7 Å². The third-order valence-electron chi connectivity index (χ3n) is 6.66. The summed E-state index contributed by atoms with van der Waals surface area (Å²) in [7, 11) is 1.55. The van der Waals surface area contributed by atoms with Crippen LogP contribution in [0.15, 0.2) is 42.5 Å². The van der Waals surface area contributed by atoms with E-state index >= 15 is 0 Å². The summed E-state index contributed by atoms with van der Waals surface area (Å²) in [4.78, 5) is 13.1. The number of fused-ring (bicyclic) bond motifs is 3. The molecule has 0 amide bonds. The molecule has 1 heterocycles. The monoisotopic (exact) mass is 422 g/mol. The molecular weight excluding hydrogens is 392 g/mol. The summed E-state index contributed by atoms with van der Waals surface area (Å²) < 4.78 is 11.9. The maximum absolute atomic E-state index is 13.1. The van der Waals surface area contributed by atoms with Crippen molar-refractivity contribution >= 4 is 11.9 Å². The van der Waals surface area contributed by atoms with Gasteiger partial charge in [-0.15, -0.1) is 0 Å². The van der Waals surface area contributed by atoms with Crippen LogP contribution in [0.4, 0.5) is 0 Å². The topological polar surface area (TPSA) is 76.0 Å². The van der Waals surface area contributed by atoms with Crippen LogP contribution < -0.4 is 9.47 Å². The number of carbonyl (C=O) groups excluding carboxylic acids is 1. The van der Waals surface area contributed by atoms with E-state index in [1.807, 2.05) is 30.3 Å². The minimum atomic E-state index is -1.02. The fourth-order valence-corrected chi connectivity index (χ4v) is 5.14. The summed E-state index contributed by atoms with van der Waals surface area (Å²) in [6, 6.07) is 11.0. The second-order valence-corrected chi connectivity index (χ2v) is 8.83. The number of hydrogen-bond donors (Lipinski definition) is 2. The number of ketones is 1. The first kappa shape index (κ1) is 21.4. The number of benzene rings is 2. The van der Waals surface area contributed by atoms with Crippen LogP contribution in [0.25, 0.3) is 6.08 Å². The maximum Gasteiger partial charge on any atom is 0.193 e. The zero-order valence-corrected chi connectivity index (χ0v) is 18.3. The highest BCUT2D eigenvalue weighted by Gasteiger charge is 2.54. The number of hydrogen-bond acceptors (Lipinski definition) is 5. The molecule has 0 aromatic heterocycles. The lowest BCUT2D eigenvalue weighted by Gasteiger charge is -2.42. The molecule has 0 radical (unpaired) electrons. The van der Waals surface area contributed by atoms with Gasteiger partial charge in [-0.1, -0.05) is 49.8 Å². The summed E-state index contributed by atoms with van der Waals surface area (Å²) in [5, 5.41) is 21.8. The molecule has 164 valence electrons. The number of allylic oxidation sites excluding steroid dienone is 1. The molecule has 4 unspecified atom stereocenters. The number of aliphatic hydroxyl groups is 1. The van der Waals surface area contributed by atoms with Gasteiger partial charge < -0.3 is 19.7 Å². The van der Waals surface area contributed by atoms with Gasteiger partial charge in [0, 0.05) is 17.5 Å². The van der Waals surface area contributed by atoms with E-state index in [0.717, 1.165) is 30.4 Å². The molecule has 1 aliphatic carbocycles. The van der Waals surface area contributed by atoms with Crippen molar-refractivity contribution < 1.29 is 24.5 Å². The van der Waals surface area contributed by atoms with Crippen molar-refractivity contribution in [1.82, 2.24) is 0 Å². The van der Waals surface area contributed by atoms with Gasteiger partial charge >= 0.3 is 0 Å². The summed E-state index contributed by atoms with van der Waals surface area (Å²) in [6.45, 7) is 3.94. The minimum Gasteiger partial charge on any atom is -0.507 e. The Morgan fingerprint density at radius 3 is 2.74 bits per heavy atom. The zero-order valence-electron chi connectivity index (χ0n) is 18.3. The van der Waals surface area contributed by atoms with Crippen LogP contribution in [-0.4, -0.2) is 34.8 Å². The molecule has 1 aliphatic heterocycles. The Hall–Kier alpha value is -2.79. The van der Waals surface area contributed by atoms with Crippen LogP contribution in [0, 0.1) is 5.92 Å². The lowest BCUT2D eigenvalue weighted by Crippen LogP contribution is -2.50. The Labute approximate surface area is 183 Å². The molecule has 0 saturated heterocycles. The third-order valence-corrected chi connectivity index (χ3v) is 6.66. The first-order valence-electron chi connectivity index (χ1n) is 11.0. The molecule has 2 aliphatic rings. The van der Waals surface area contributed by atoms with Gasteiger partial charge in [-0.25, -0.2) is 0 Å². The molecular formula is C26H30O5. The molecule has 0 bridgehead atoms. The molecule has 0 spiro atoms. The fraction of sp³-hybridized carbons (Fsp3) is 0.423. The van der Waals surface area contributed by atoms with E-state index in [0.29, 0.717) is 23.8 Å². The quantitative estimate of drug-likeness (QED) is 0.500. The second kappa shape index (κ2) is 8.39. The van der Waals surface area contributed by atoms with E-state index in [-0.39, 0.29) is 23.0 Å². The van der Waals surface area contributed by atoms with Crippen LogP contribution in [0.3, 0.4) is 0 Å². The molecule has 4 rings (SSSR count). The minimum absolute atomic E-state index is 0.0843. The van der Waals surface area contributed by atoms with Gasteiger partial charge in [0.2, 0.25) is 0 Å². The highest BCUT2D eigenvalue weighted by molar-refractivity contribution is 6.11. The smallest absolute Gasteiger partial charge is 0.193 e. The molecule has 5 nitrogen and oxygen atoms in total. The molecule has 5 heteroatoms. The van der Waals surface area contributed by atoms with E-state index in [1.165, 1.54) is 12.1 Å². The lowest BCUT2D eigenvalue weighted by atomic mass is 9.67. The standard InChI is InChI=1S/C26H30O5/c1-4-8-17-13-14-26(2,29)25-21(17)23-20(30-3)15-19(28)22(24(23)31-25)18(27)12-11-16-9-6-5-7-10-16/h5-7,9-12,15,17,21,25,28-29H,4,8,13-14H2,1-3H3. The van der Waals surface area contributed by atoms with Crippen molar-refractivity contribution in [1.29, 1.82) is 0 Å².